The Labute approximate surface area is 99.2 Å². The Bertz CT molecular complexity index is 474. The third-order valence-corrected chi connectivity index (χ3v) is 2.36. The van der Waals surface area contributed by atoms with E-state index in [1.54, 1.807) is 19.2 Å². The highest BCUT2D eigenvalue weighted by atomic mass is 16.5. The first-order chi connectivity index (χ1) is 8.29. The van der Waals surface area contributed by atoms with Crippen LogP contribution in [0.1, 0.15) is 16.1 Å². The van der Waals surface area contributed by atoms with Crippen molar-refractivity contribution in [2.75, 3.05) is 7.11 Å². The molecule has 0 atom stereocenters. The Morgan fingerprint density at radius 2 is 2.06 bits per heavy atom. The Morgan fingerprint density at radius 3 is 2.65 bits per heavy atom. The molecule has 1 aromatic carbocycles. The number of hydrogen-bond donors (Lipinski definition) is 1. The van der Waals surface area contributed by atoms with Crippen LogP contribution in [0.15, 0.2) is 47.1 Å². The van der Waals surface area contributed by atoms with E-state index in [1.807, 2.05) is 24.3 Å². The maximum atomic E-state index is 11.6. The average molecular weight is 231 g/mol. The molecule has 0 saturated heterocycles. The lowest BCUT2D eigenvalue weighted by Crippen LogP contribution is -2.22. The predicted octanol–water partition coefficient (Wildman–Crippen LogP) is 2.22. The molecule has 4 nitrogen and oxygen atoms in total. The number of carbonyl (C=O) groups excluding carboxylic acids is 1. The van der Waals surface area contributed by atoms with E-state index in [4.69, 9.17) is 9.15 Å². The van der Waals surface area contributed by atoms with Gasteiger partial charge < -0.3 is 14.5 Å². The second-order valence-corrected chi connectivity index (χ2v) is 3.51. The standard InChI is InChI=1S/C13H13NO3/c1-16-11-6-4-10(5-7-11)9-14-13(15)12-3-2-8-17-12/h2-8H,9H2,1H3,(H,14,15). The molecule has 17 heavy (non-hydrogen) atoms. The summed E-state index contributed by atoms with van der Waals surface area (Å²) in [4.78, 5) is 11.6. The van der Waals surface area contributed by atoms with Crippen LogP contribution in [0.3, 0.4) is 0 Å². The van der Waals surface area contributed by atoms with Gasteiger partial charge in [0, 0.05) is 6.54 Å². The van der Waals surface area contributed by atoms with E-state index >= 15 is 0 Å². The number of hydrogen-bond acceptors (Lipinski definition) is 3. The van der Waals surface area contributed by atoms with Crippen molar-refractivity contribution in [1.29, 1.82) is 0 Å². The Morgan fingerprint density at radius 1 is 1.29 bits per heavy atom. The first kappa shape index (κ1) is 11.3. The number of furan rings is 1. The van der Waals surface area contributed by atoms with Crippen molar-refractivity contribution in [2.24, 2.45) is 0 Å². The van der Waals surface area contributed by atoms with Crippen molar-refractivity contribution in [3.05, 3.63) is 54.0 Å². The zero-order chi connectivity index (χ0) is 12.1. The van der Waals surface area contributed by atoms with Gasteiger partial charge in [-0.15, -0.1) is 0 Å². The fourth-order valence-corrected chi connectivity index (χ4v) is 1.42. The van der Waals surface area contributed by atoms with Crippen molar-refractivity contribution in [2.45, 2.75) is 6.54 Å². The van der Waals surface area contributed by atoms with Gasteiger partial charge in [0.1, 0.15) is 5.75 Å². The minimum Gasteiger partial charge on any atom is -0.497 e. The fourth-order valence-electron chi connectivity index (χ4n) is 1.42. The van der Waals surface area contributed by atoms with Crippen molar-refractivity contribution >= 4 is 5.91 Å². The maximum absolute atomic E-state index is 11.6. The van der Waals surface area contributed by atoms with E-state index in [9.17, 15) is 4.79 Å². The van der Waals surface area contributed by atoms with Gasteiger partial charge in [-0.2, -0.15) is 0 Å². The molecule has 0 saturated carbocycles. The third kappa shape index (κ3) is 2.87. The molecule has 4 heteroatoms. The summed E-state index contributed by atoms with van der Waals surface area (Å²) in [5.41, 5.74) is 1.01. The van der Waals surface area contributed by atoms with Crippen LogP contribution in [0, 0.1) is 0 Å². The molecule has 2 aromatic rings. The van der Waals surface area contributed by atoms with Gasteiger partial charge in [-0.3, -0.25) is 4.79 Å². The van der Waals surface area contributed by atoms with Gasteiger partial charge in [-0.25, -0.2) is 0 Å². The summed E-state index contributed by atoms with van der Waals surface area (Å²) >= 11 is 0. The molecular weight excluding hydrogens is 218 g/mol. The molecule has 0 spiro atoms. The monoisotopic (exact) mass is 231 g/mol. The molecule has 1 heterocycles. The molecule has 1 amide bonds. The van der Waals surface area contributed by atoms with Gasteiger partial charge in [0.2, 0.25) is 0 Å². The van der Waals surface area contributed by atoms with Crippen LogP contribution in [-0.2, 0) is 6.54 Å². The zero-order valence-corrected chi connectivity index (χ0v) is 9.47. The van der Waals surface area contributed by atoms with Gasteiger partial charge >= 0.3 is 0 Å². The summed E-state index contributed by atoms with van der Waals surface area (Å²) in [5.74, 6) is 0.899. The molecule has 0 radical (unpaired) electrons. The first-order valence-electron chi connectivity index (χ1n) is 5.24. The van der Waals surface area contributed by atoms with Crippen LogP contribution in [-0.4, -0.2) is 13.0 Å². The number of nitrogens with one attached hydrogen (secondary N) is 1. The third-order valence-electron chi connectivity index (χ3n) is 2.36. The molecule has 0 aliphatic carbocycles. The van der Waals surface area contributed by atoms with E-state index in [1.165, 1.54) is 6.26 Å². The number of carbonyl (C=O) groups is 1. The lowest BCUT2D eigenvalue weighted by atomic mass is 10.2. The fraction of sp³-hybridized carbons (Fsp3) is 0.154. The van der Waals surface area contributed by atoms with Crippen molar-refractivity contribution < 1.29 is 13.9 Å². The first-order valence-corrected chi connectivity index (χ1v) is 5.24. The summed E-state index contributed by atoms with van der Waals surface area (Å²) in [5, 5.41) is 2.77. The molecule has 0 aliphatic heterocycles. The Hall–Kier alpha value is -2.23. The van der Waals surface area contributed by atoms with Crippen LogP contribution in [0.5, 0.6) is 5.75 Å². The number of rotatable bonds is 4. The average Bonchev–Trinajstić information content (AvgIpc) is 2.90. The summed E-state index contributed by atoms with van der Waals surface area (Å²) in [7, 11) is 1.62. The smallest absolute Gasteiger partial charge is 0.287 e. The molecule has 1 aromatic heterocycles. The molecule has 0 bridgehead atoms. The number of amides is 1. The zero-order valence-electron chi connectivity index (χ0n) is 9.47. The quantitative estimate of drug-likeness (QED) is 0.877. The normalized spacial score (nSPS) is 9.94. The largest absolute Gasteiger partial charge is 0.497 e. The van der Waals surface area contributed by atoms with Crippen molar-refractivity contribution in [3.63, 3.8) is 0 Å². The number of benzene rings is 1. The van der Waals surface area contributed by atoms with Gasteiger partial charge in [0.15, 0.2) is 5.76 Å². The molecular formula is C13H13NO3. The van der Waals surface area contributed by atoms with Gasteiger partial charge in [0.05, 0.1) is 13.4 Å². The number of methoxy groups -OCH3 is 1. The van der Waals surface area contributed by atoms with Gasteiger partial charge in [-0.05, 0) is 29.8 Å². The predicted molar refractivity (Wildman–Crippen MR) is 62.9 cm³/mol. The SMILES string of the molecule is COc1ccc(CNC(=O)c2ccco2)cc1. The van der Waals surface area contributed by atoms with Crippen molar-refractivity contribution in [3.8, 4) is 5.75 Å². The van der Waals surface area contributed by atoms with E-state index in [0.717, 1.165) is 11.3 Å². The topological polar surface area (TPSA) is 51.5 Å². The highest BCUT2D eigenvalue weighted by Crippen LogP contribution is 2.11. The minimum atomic E-state index is -0.217. The van der Waals surface area contributed by atoms with Crippen LogP contribution in [0.4, 0.5) is 0 Å². The lowest BCUT2D eigenvalue weighted by Gasteiger charge is -2.04. The molecule has 88 valence electrons. The lowest BCUT2D eigenvalue weighted by molar-refractivity contribution is 0.0923. The van der Waals surface area contributed by atoms with Crippen molar-refractivity contribution in [1.82, 2.24) is 5.32 Å². The van der Waals surface area contributed by atoms with E-state index in [0.29, 0.717) is 12.3 Å². The van der Waals surface area contributed by atoms with Crippen LogP contribution in [0.25, 0.3) is 0 Å². The molecule has 0 unspecified atom stereocenters. The second kappa shape index (κ2) is 5.21. The molecule has 1 N–H and O–H groups in total. The maximum Gasteiger partial charge on any atom is 0.287 e. The van der Waals surface area contributed by atoms with E-state index in [-0.39, 0.29) is 5.91 Å². The molecule has 2 rings (SSSR count). The summed E-state index contributed by atoms with van der Waals surface area (Å²) in [6.07, 6.45) is 1.47. The van der Waals surface area contributed by atoms with Gasteiger partial charge in [-0.1, -0.05) is 12.1 Å². The summed E-state index contributed by atoms with van der Waals surface area (Å²) in [6, 6.07) is 10.8. The summed E-state index contributed by atoms with van der Waals surface area (Å²) < 4.78 is 10.0. The minimum absolute atomic E-state index is 0.217. The summed E-state index contributed by atoms with van der Waals surface area (Å²) in [6.45, 7) is 0.462. The molecule has 0 aliphatic rings. The Balaban J connectivity index is 1.91. The molecule has 0 fully saturated rings. The van der Waals surface area contributed by atoms with Crippen LogP contribution in [0.2, 0.25) is 0 Å². The van der Waals surface area contributed by atoms with Crippen LogP contribution >= 0.6 is 0 Å². The van der Waals surface area contributed by atoms with Crippen LogP contribution < -0.4 is 10.1 Å². The van der Waals surface area contributed by atoms with Gasteiger partial charge in [0.25, 0.3) is 5.91 Å². The highest BCUT2D eigenvalue weighted by molar-refractivity contribution is 5.91. The van der Waals surface area contributed by atoms with E-state index < -0.39 is 0 Å². The number of ether oxygens (including phenoxy) is 1. The highest BCUT2D eigenvalue weighted by Gasteiger charge is 2.07. The second-order valence-electron chi connectivity index (χ2n) is 3.51. The Kier molecular flexibility index (Phi) is 3.45. The van der Waals surface area contributed by atoms with E-state index in [2.05, 4.69) is 5.32 Å².